The Labute approximate surface area is 153 Å². The summed E-state index contributed by atoms with van der Waals surface area (Å²) >= 11 is 1.32. The minimum absolute atomic E-state index is 0.0332. The third kappa shape index (κ3) is 3.75. The van der Waals surface area contributed by atoms with E-state index in [1.807, 2.05) is 0 Å². The van der Waals surface area contributed by atoms with Crippen LogP contribution in [0.3, 0.4) is 0 Å². The number of nitrogens with zero attached hydrogens (tertiary/aromatic N) is 3. The Bertz CT molecular complexity index is 1040. The summed E-state index contributed by atoms with van der Waals surface area (Å²) in [7, 11) is 0. The predicted octanol–water partition coefficient (Wildman–Crippen LogP) is 4.45. The second-order valence-corrected chi connectivity index (χ2v) is 6.67. The molecule has 0 aliphatic heterocycles. The number of fused-ring (bicyclic) bond motifs is 1. The Kier molecular flexibility index (Phi) is 5.64. The molecule has 1 aromatic heterocycles. The van der Waals surface area contributed by atoms with E-state index in [0.717, 1.165) is 25.0 Å². The van der Waals surface area contributed by atoms with Gasteiger partial charge in [0.1, 0.15) is 11.6 Å². The molecule has 1 heterocycles. The maximum absolute atomic E-state index is 14.3. The van der Waals surface area contributed by atoms with Crippen molar-refractivity contribution in [3.63, 3.8) is 0 Å². The van der Waals surface area contributed by atoms with Gasteiger partial charge in [-0.15, -0.1) is 0 Å². The molecule has 0 bridgehead atoms. The van der Waals surface area contributed by atoms with Crippen LogP contribution in [0.5, 0.6) is 0 Å². The first-order valence-electron chi connectivity index (χ1n) is 8.09. The van der Waals surface area contributed by atoms with Crippen LogP contribution in [0.4, 0.5) is 8.78 Å². The SMILES string of the molecule is N#CCCCCSc1nc2ccccc2c(=O)n1-c1ccc(F)cc1F. The highest BCUT2D eigenvalue weighted by Gasteiger charge is 2.16. The van der Waals surface area contributed by atoms with Crippen LogP contribution in [0.25, 0.3) is 16.6 Å². The molecule has 0 radical (unpaired) electrons. The highest BCUT2D eigenvalue weighted by molar-refractivity contribution is 7.99. The van der Waals surface area contributed by atoms with Crippen LogP contribution in [0.2, 0.25) is 0 Å². The topological polar surface area (TPSA) is 58.7 Å². The van der Waals surface area contributed by atoms with Gasteiger partial charge in [0.05, 0.1) is 22.7 Å². The van der Waals surface area contributed by atoms with Gasteiger partial charge in [-0.1, -0.05) is 23.9 Å². The molecule has 0 saturated carbocycles. The molecule has 0 amide bonds. The molecule has 3 rings (SSSR count). The molecule has 7 heteroatoms. The van der Waals surface area contributed by atoms with Gasteiger partial charge in [-0.05, 0) is 37.1 Å². The van der Waals surface area contributed by atoms with Crippen LogP contribution >= 0.6 is 11.8 Å². The highest BCUT2D eigenvalue weighted by atomic mass is 32.2. The van der Waals surface area contributed by atoms with E-state index in [1.54, 1.807) is 24.3 Å². The largest absolute Gasteiger partial charge is 0.268 e. The monoisotopic (exact) mass is 371 g/mol. The van der Waals surface area contributed by atoms with Gasteiger partial charge in [-0.2, -0.15) is 5.26 Å². The van der Waals surface area contributed by atoms with Crippen molar-refractivity contribution in [3.8, 4) is 11.8 Å². The second kappa shape index (κ2) is 8.11. The molecule has 0 fully saturated rings. The summed E-state index contributed by atoms with van der Waals surface area (Å²) in [5, 5.41) is 9.31. The number of para-hydroxylation sites is 1. The summed E-state index contributed by atoms with van der Waals surface area (Å²) < 4.78 is 28.8. The fraction of sp³-hybridized carbons (Fsp3) is 0.211. The van der Waals surface area contributed by atoms with E-state index in [9.17, 15) is 13.6 Å². The molecule has 4 nitrogen and oxygen atoms in total. The van der Waals surface area contributed by atoms with Crippen LogP contribution in [-0.4, -0.2) is 15.3 Å². The van der Waals surface area contributed by atoms with Crippen molar-refractivity contribution in [1.29, 1.82) is 5.26 Å². The van der Waals surface area contributed by atoms with Gasteiger partial charge in [0, 0.05) is 18.2 Å². The number of nitriles is 1. The van der Waals surface area contributed by atoms with Gasteiger partial charge in [-0.3, -0.25) is 9.36 Å². The van der Waals surface area contributed by atoms with Crippen molar-refractivity contribution >= 4 is 22.7 Å². The minimum atomic E-state index is -0.824. The lowest BCUT2D eigenvalue weighted by Crippen LogP contribution is -2.22. The number of unbranched alkanes of at least 4 members (excludes halogenated alkanes) is 2. The average Bonchev–Trinajstić information content (AvgIpc) is 2.63. The van der Waals surface area contributed by atoms with E-state index < -0.39 is 17.2 Å². The summed E-state index contributed by atoms with van der Waals surface area (Å²) in [6.45, 7) is 0. The molecule has 3 aromatic rings. The molecule has 2 aromatic carbocycles. The van der Waals surface area contributed by atoms with Gasteiger partial charge in [0.2, 0.25) is 0 Å². The van der Waals surface area contributed by atoms with Crippen molar-refractivity contribution in [1.82, 2.24) is 9.55 Å². The maximum atomic E-state index is 14.3. The molecule has 0 saturated heterocycles. The predicted molar refractivity (Wildman–Crippen MR) is 97.4 cm³/mol. The number of aromatic nitrogens is 2. The molecular formula is C19H15F2N3OS. The molecule has 0 spiro atoms. The quantitative estimate of drug-likeness (QED) is 0.365. The number of rotatable bonds is 6. The summed E-state index contributed by atoms with van der Waals surface area (Å²) in [6.07, 6.45) is 1.98. The van der Waals surface area contributed by atoms with Gasteiger partial charge in [0.25, 0.3) is 5.56 Å². The van der Waals surface area contributed by atoms with E-state index in [0.29, 0.717) is 28.2 Å². The standard InChI is InChI=1S/C19H15F2N3OS/c20-13-8-9-17(15(21)12-13)24-18(25)14-6-2-3-7-16(14)23-19(24)26-11-5-1-4-10-22/h2-3,6-9,12H,1,4-5,11H2. The third-order valence-corrected chi connectivity index (χ3v) is 4.83. The Morgan fingerprint density at radius 2 is 1.96 bits per heavy atom. The van der Waals surface area contributed by atoms with Crippen LogP contribution in [-0.2, 0) is 0 Å². The lowest BCUT2D eigenvalue weighted by atomic mass is 10.2. The first kappa shape index (κ1) is 18.1. The Morgan fingerprint density at radius 1 is 1.15 bits per heavy atom. The summed E-state index contributed by atoms with van der Waals surface area (Å²) in [6, 6.07) is 12.0. The normalized spacial score (nSPS) is 10.8. The fourth-order valence-corrected chi connectivity index (χ4v) is 3.56. The van der Waals surface area contributed by atoms with Gasteiger partial charge in [-0.25, -0.2) is 13.8 Å². The number of halogens is 2. The zero-order valence-electron chi connectivity index (χ0n) is 13.8. The smallest absolute Gasteiger partial charge is 0.266 e. The van der Waals surface area contributed by atoms with Crippen molar-refractivity contribution in [3.05, 3.63) is 64.5 Å². The number of benzene rings is 2. The maximum Gasteiger partial charge on any atom is 0.266 e. The lowest BCUT2D eigenvalue weighted by Gasteiger charge is -2.13. The third-order valence-electron chi connectivity index (χ3n) is 3.81. The first-order valence-corrected chi connectivity index (χ1v) is 9.07. The van der Waals surface area contributed by atoms with E-state index in [1.165, 1.54) is 22.4 Å². The molecule has 26 heavy (non-hydrogen) atoms. The van der Waals surface area contributed by atoms with Crippen molar-refractivity contribution < 1.29 is 8.78 Å². The van der Waals surface area contributed by atoms with E-state index >= 15 is 0 Å². The van der Waals surface area contributed by atoms with Crippen LogP contribution in [0.1, 0.15) is 19.3 Å². The van der Waals surface area contributed by atoms with Gasteiger partial charge < -0.3 is 0 Å². The zero-order valence-corrected chi connectivity index (χ0v) is 14.6. The summed E-state index contributed by atoms with van der Waals surface area (Å²) in [5.41, 5.74) is 0.0885. The van der Waals surface area contributed by atoms with Crippen LogP contribution in [0.15, 0.2) is 52.4 Å². The summed E-state index contributed by atoms with van der Waals surface area (Å²) in [5.74, 6) is -0.899. The van der Waals surface area contributed by atoms with E-state index in [4.69, 9.17) is 5.26 Å². The van der Waals surface area contributed by atoms with Crippen molar-refractivity contribution in [2.45, 2.75) is 24.4 Å². The second-order valence-electron chi connectivity index (χ2n) is 5.61. The molecule has 0 atom stereocenters. The first-order chi connectivity index (χ1) is 12.6. The average molecular weight is 371 g/mol. The number of thioether (sulfide) groups is 1. The molecule has 0 aliphatic rings. The van der Waals surface area contributed by atoms with Crippen molar-refractivity contribution in [2.75, 3.05) is 5.75 Å². The van der Waals surface area contributed by atoms with Crippen LogP contribution < -0.4 is 5.56 Å². The summed E-state index contributed by atoms with van der Waals surface area (Å²) in [4.78, 5) is 17.4. The van der Waals surface area contributed by atoms with E-state index in [2.05, 4.69) is 11.1 Å². The fourth-order valence-electron chi connectivity index (χ4n) is 2.55. The molecule has 0 aliphatic carbocycles. The highest BCUT2D eigenvalue weighted by Crippen LogP contribution is 2.24. The number of hydrogen-bond acceptors (Lipinski definition) is 4. The van der Waals surface area contributed by atoms with E-state index in [-0.39, 0.29) is 5.69 Å². The molecule has 0 unspecified atom stereocenters. The molecular weight excluding hydrogens is 356 g/mol. The Morgan fingerprint density at radius 3 is 2.73 bits per heavy atom. The van der Waals surface area contributed by atoms with Crippen molar-refractivity contribution in [2.24, 2.45) is 0 Å². The molecule has 0 N–H and O–H groups in total. The molecule has 132 valence electrons. The number of hydrogen-bond donors (Lipinski definition) is 0. The van der Waals surface area contributed by atoms with Gasteiger partial charge >= 0.3 is 0 Å². The Balaban J connectivity index is 2.09. The lowest BCUT2D eigenvalue weighted by molar-refractivity contribution is 0.572. The minimum Gasteiger partial charge on any atom is -0.268 e. The van der Waals surface area contributed by atoms with Crippen LogP contribution in [0, 0.1) is 23.0 Å². The Hall–Kier alpha value is -2.72. The zero-order chi connectivity index (χ0) is 18.5. The van der Waals surface area contributed by atoms with Gasteiger partial charge in [0.15, 0.2) is 5.16 Å².